The van der Waals surface area contributed by atoms with Crippen LogP contribution in [0.15, 0.2) is 18.2 Å². The SMILES string of the molecule is CCCC(CC)NC(=O)c1cc(Cl)ccc1F. The molecule has 2 nitrogen and oxygen atoms in total. The van der Waals surface area contributed by atoms with E-state index in [1.54, 1.807) is 0 Å². The van der Waals surface area contributed by atoms with Gasteiger partial charge in [0.2, 0.25) is 0 Å². The van der Waals surface area contributed by atoms with Gasteiger partial charge in [0, 0.05) is 11.1 Å². The van der Waals surface area contributed by atoms with Gasteiger partial charge >= 0.3 is 0 Å². The lowest BCUT2D eigenvalue weighted by Crippen LogP contribution is -2.34. The molecule has 94 valence electrons. The third kappa shape index (κ3) is 4.00. The van der Waals surface area contributed by atoms with Crippen molar-refractivity contribution in [2.24, 2.45) is 0 Å². The van der Waals surface area contributed by atoms with Crippen molar-refractivity contribution in [3.8, 4) is 0 Å². The molecule has 1 aromatic carbocycles. The summed E-state index contributed by atoms with van der Waals surface area (Å²) in [5, 5.41) is 3.18. The monoisotopic (exact) mass is 257 g/mol. The second-order valence-electron chi connectivity index (χ2n) is 3.99. The zero-order chi connectivity index (χ0) is 12.8. The molecule has 0 aliphatic heterocycles. The lowest BCUT2D eigenvalue weighted by Gasteiger charge is -2.16. The van der Waals surface area contributed by atoms with E-state index in [1.807, 2.05) is 6.92 Å². The van der Waals surface area contributed by atoms with Crippen molar-refractivity contribution < 1.29 is 9.18 Å². The Labute approximate surface area is 106 Å². The van der Waals surface area contributed by atoms with Crippen LogP contribution >= 0.6 is 11.6 Å². The summed E-state index contributed by atoms with van der Waals surface area (Å²) >= 11 is 5.75. The minimum absolute atomic E-state index is 0.00653. The number of rotatable bonds is 5. The third-order valence-corrected chi connectivity index (χ3v) is 2.87. The maximum Gasteiger partial charge on any atom is 0.254 e. The van der Waals surface area contributed by atoms with E-state index < -0.39 is 11.7 Å². The molecule has 0 saturated heterocycles. The largest absolute Gasteiger partial charge is 0.349 e. The highest BCUT2D eigenvalue weighted by Crippen LogP contribution is 2.15. The van der Waals surface area contributed by atoms with Crippen LogP contribution in [0.2, 0.25) is 5.02 Å². The van der Waals surface area contributed by atoms with Crippen molar-refractivity contribution in [3.05, 3.63) is 34.6 Å². The van der Waals surface area contributed by atoms with Crippen molar-refractivity contribution in [1.82, 2.24) is 5.32 Å². The van der Waals surface area contributed by atoms with E-state index in [1.165, 1.54) is 18.2 Å². The van der Waals surface area contributed by atoms with E-state index in [9.17, 15) is 9.18 Å². The molecule has 17 heavy (non-hydrogen) atoms. The molecule has 0 aliphatic rings. The number of amides is 1. The fraction of sp³-hybridized carbons (Fsp3) is 0.462. The topological polar surface area (TPSA) is 29.1 Å². The summed E-state index contributed by atoms with van der Waals surface area (Å²) in [5.74, 6) is -0.941. The molecule has 0 radical (unpaired) electrons. The van der Waals surface area contributed by atoms with Gasteiger partial charge < -0.3 is 5.32 Å². The first-order valence-electron chi connectivity index (χ1n) is 5.84. The Morgan fingerprint density at radius 2 is 2.18 bits per heavy atom. The number of nitrogens with one attached hydrogen (secondary N) is 1. The lowest BCUT2D eigenvalue weighted by atomic mass is 10.1. The summed E-state index contributed by atoms with van der Waals surface area (Å²) < 4.78 is 13.4. The highest BCUT2D eigenvalue weighted by atomic mass is 35.5. The predicted octanol–water partition coefficient (Wildman–Crippen LogP) is 3.79. The molecule has 1 aromatic rings. The van der Waals surface area contributed by atoms with E-state index in [2.05, 4.69) is 12.2 Å². The average molecular weight is 258 g/mol. The first-order valence-corrected chi connectivity index (χ1v) is 6.22. The molecule has 0 spiro atoms. The van der Waals surface area contributed by atoms with E-state index in [4.69, 9.17) is 11.6 Å². The maximum atomic E-state index is 13.4. The number of hydrogen-bond donors (Lipinski definition) is 1. The Kier molecular flexibility index (Phi) is 5.42. The van der Waals surface area contributed by atoms with Crippen LogP contribution in [0.3, 0.4) is 0 Å². The van der Waals surface area contributed by atoms with Crippen molar-refractivity contribution in [1.29, 1.82) is 0 Å². The molecule has 1 atom stereocenters. The number of halogens is 2. The molecule has 4 heteroatoms. The molecule has 0 aliphatic carbocycles. The molecular weight excluding hydrogens is 241 g/mol. The number of carbonyl (C=O) groups excluding carboxylic acids is 1. The van der Waals surface area contributed by atoms with Crippen LogP contribution in [0.1, 0.15) is 43.5 Å². The smallest absolute Gasteiger partial charge is 0.254 e. The standard InChI is InChI=1S/C13H17ClFNO/c1-3-5-10(4-2)16-13(17)11-8-9(14)6-7-12(11)15/h6-8,10H,3-5H2,1-2H3,(H,16,17). The molecule has 1 amide bonds. The molecular formula is C13H17ClFNO. The number of hydrogen-bond acceptors (Lipinski definition) is 1. The zero-order valence-corrected chi connectivity index (χ0v) is 10.9. The van der Waals surface area contributed by atoms with Crippen molar-refractivity contribution in [2.75, 3.05) is 0 Å². The second kappa shape index (κ2) is 6.60. The quantitative estimate of drug-likeness (QED) is 0.854. The van der Waals surface area contributed by atoms with Gasteiger partial charge in [-0.05, 0) is 31.0 Å². The first kappa shape index (κ1) is 14.0. The molecule has 1 N–H and O–H groups in total. The Balaban J connectivity index is 2.78. The summed E-state index contributed by atoms with van der Waals surface area (Å²) in [6.45, 7) is 4.05. The molecule has 0 aromatic heterocycles. The molecule has 0 bridgehead atoms. The molecule has 1 unspecified atom stereocenters. The van der Waals surface area contributed by atoms with Crippen LogP contribution in [0, 0.1) is 5.82 Å². The minimum Gasteiger partial charge on any atom is -0.349 e. The Morgan fingerprint density at radius 3 is 2.76 bits per heavy atom. The van der Waals surface area contributed by atoms with Gasteiger partial charge in [-0.1, -0.05) is 31.9 Å². The number of carbonyl (C=O) groups is 1. The van der Waals surface area contributed by atoms with Gasteiger partial charge in [-0.15, -0.1) is 0 Å². The molecule has 0 heterocycles. The van der Waals surface area contributed by atoms with Crippen molar-refractivity contribution >= 4 is 17.5 Å². The van der Waals surface area contributed by atoms with Gasteiger partial charge in [0.15, 0.2) is 0 Å². The van der Waals surface area contributed by atoms with Crippen LogP contribution in [-0.4, -0.2) is 11.9 Å². The predicted molar refractivity (Wildman–Crippen MR) is 67.9 cm³/mol. The van der Waals surface area contributed by atoms with E-state index in [-0.39, 0.29) is 11.6 Å². The van der Waals surface area contributed by atoms with E-state index in [0.29, 0.717) is 5.02 Å². The average Bonchev–Trinajstić information content (AvgIpc) is 2.31. The highest BCUT2D eigenvalue weighted by molar-refractivity contribution is 6.31. The Morgan fingerprint density at radius 1 is 1.47 bits per heavy atom. The highest BCUT2D eigenvalue weighted by Gasteiger charge is 2.15. The molecule has 0 saturated carbocycles. The summed E-state index contributed by atoms with van der Waals surface area (Å²) in [4.78, 5) is 11.9. The van der Waals surface area contributed by atoms with Crippen LogP contribution < -0.4 is 5.32 Å². The number of benzene rings is 1. The second-order valence-corrected chi connectivity index (χ2v) is 4.43. The Bertz CT molecular complexity index is 395. The Hall–Kier alpha value is -1.09. The van der Waals surface area contributed by atoms with Crippen LogP contribution in [0.4, 0.5) is 4.39 Å². The van der Waals surface area contributed by atoms with Crippen LogP contribution in [0.5, 0.6) is 0 Å². The normalized spacial score (nSPS) is 12.2. The minimum atomic E-state index is -0.543. The maximum absolute atomic E-state index is 13.4. The summed E-state index contributed by atoms with van der Waals surface area (Å²) in [6, 6.07) is 4.07. The summed E-state index contributed by atoms with van der Waals surface area (Å²) in [6.07, 6.45) is 2.71. The van der Waals surface area contributed by atoms with Crippen molar-refractivity contribution in [2.45, 2.75) is 39.2 Å². The summed E-state index contributed by atoms with van der Waals surface area (Å²) in [5.41, 5.74) is 0.00653. The fourth-order valence-corrected chi connectivity index (χ4v) is 1.83. The summed E-state index contributed by atoms with van der Waals surface area (Å²) in [7, 11) is 0. The van der Waals surface area contributed by atoms with Gasteiger partial charge in [-0.2, -0.15) is 0 Å². The van der Waals surface area contributed by atoms with Gasteiger partial charge in [0.25, 0.3) is 5.91 Å². The van der Waals surface area contributed by atoms with Crippen LogP contribution in [0.25, 0.3) is 0 Å². The zero-order valence-electron chi connectivity index (χ0n) is 10.1. The van der Waals surface area contributed by atoms with Crippen LogP contribution in [-0.2, 0) is 0 Å². The lowest BCUT2D eigenvalue weighted by molar-refractivity contribution is 0.0929. The van der Waals surface area contributed by atoms with E-state index in [0.717, 1.165) is 19.3 Å². The van der Waals surface area contributed by atoms with Gasteiger partial charge in [-0.3, -0.25) is 4.79 Å². The molecule has 0 fully saturated rings. The molecule has 1 rings (SSSR count). The fourth-order valence-electron chi connectivity index (χ4n) is 1.66. The van der Waals surface area contributed by atoms with Gasteiger partial charge in [0.1, 0.15) is 5.82 Å². The first-order chi connectivity index (χ1) is 8.08. The van der Waals surface area contributed by atoms with Crippen molar-refractivity contribution in [3.63, 3.8) is 0 Å². The van der Waals surface area contributed by atoms with E-state index >= 15 is 0 Å². The van der Waals surface area contributed by atoms with Gasteiger partial charge in [0.05, 0.1) is 5.56 Å². The van der Waals surface area contributed by atoms with Gasteiger partial charge in [-0.25, -0.2) is 4.39 Å². The third-order valence-electron chi connectivity index (χ3n) is 2.64.